The maximum Gasteiger partial charge on any atom is 0.244 e. The molecule has 9 heteroatoms. The molecule has 0 aliphatic heterocycles. The highest BCUT2D eigenvalue weighted by atomic mass is 79.9. The van der Waals surface area contributed by atoms with Crippen LogP contribution in [0.15, 0.2) is 47.2 Å². The third kappa shape index (κ3) is 4.10. The van der Waals surface area contributed by atoms with Crippen LogP contribution in [0.4, 0.5) is 4.39 Å². The number of hydrogen-bond acceptors (Lipinski definition) is 4. The lowest BCUT2D eigenvalue weighted by molar-refractivity contribution is -0.131. The zero-order chi connectivity index (χ0) is 22.1. The molecule has 3 heterocycles. The molecular weight excluding hydrogens is 463 g/mol. The molecule has 4 rings (SSSR count). The number of nitrogens with zero attached hydrogens (tertiary/aromatic N) is 6. The highest BCUT2D eigenvalue weighted by molar-refractivity contribution is 9.10. The topological polar surface area (TPSA) is 68.8 Å². The van der Waals surface area contributed by atoms with Gasteiger partial charge in [0.05, 0.1) is 28.6 Å². The minimum absolute atomic E-state index is 0.0680. The number of fused-ring (bicyclic) bond motifs is 1. The van der Waals surface area contributed by atoms with E-state index >= 15 is 0 Å². The molecule has 160 valence electrons. The summed E-state index contributed by atoms with van der Waals surface area (Å²) >= 11 is 3.50. The first-order chi connectivity index (χ1) is 14.9. The highest BCUT2D eigenvalue weighted by Gasteiger charge is 2.19. The number of likely N-dealkylation sites (N-methyl/N-ethyl adjacent to an activating group) is 1. The Balaban J connectivity index is 1.61. The molecule has 3 aromatic heterocycles. The Morgan fingerprint density at radius 3 is 2.65 bits per heavy atom. The molecule has 0 bridgehead atoms. The quantitative estimate of drug-likeness (QED) is 0.411. The van der Waals surface area contributed by atoms with Crippen LogP contribution in [-0.4, -0.2) is 42.4 Å². The van der Waals surface area contributed by atoms with Crippen molar-refractivity contribution >= 4 is 32.9 Å². The summed E-state index contributed by atoms with van der Waals surface area (Å²) in [7, 11) is 1.76. The van der Waals surface area contributed by atoms with Crippen molar-refractivity contribution in [2.75, 3.05) is 7.05 Å². The summed E-state index contributed by atoms with van der Waals surface area (Å²) < 4.78 is 17.7. The van der Waals surface area contributed by atoms with Crippen LogP contribution in [0.5, 0.6) is 0 Å². The molecule has 4 aromatic rings. The second-order valence-electron chi connectivity index (χ2n) is 7.31. The van der Waals surface area contributed by atoms with Crippen molar-refractivity contribution in [3.05, 3.63) is 64.4 Å². The number of rotatable bonds is 6. The fourth-order valence-corrected chi connectivity index (χ4v) is 4.06. The molecule has 0 saturated carbocycles. The fraction of sp³-hybridized carbons (Fsp3) is 0.273. The summed E-state index contributed by atoms with van der Waals surface area (Å²) in [4.78, 5) is 19.1. The summed E-state index contributed by atoms with van der Waals surface area (Å²) in [6.07, 6.45) is 3.42. The summed E-state index contributed by atoms with van der Waals surface area (Å²) in [5.41, 5.74) is 4.12. The largest absolute Gasteiger partial charge is 0.338 e. The van der Waals surface area contributed by atoms with E-state index in [1.807, 2.05) is 24.6 Å². The summed E-state index contributed by atoms with van der Waals surface area (Å²) in [5.74, 6) is -0.375. The second kappa shape index (κ2) is 8.58. The Labute approximate surface area is 187 Å². The standard InChI is InChI=1S/C22H22BrFN6O/c1-4-29-19(18(23)11-26-29)12-28(3)20(31)13-30-22-21(14(2)27-30)17(9-10-25-22)15-5-7-16(24)8-6-15/h5-11H,4,12-13H2,1-3H3. The van der Waals surface area contributed by atoms with Gasteiger partial charge < -0.3 is 4.90 Å². The second-order valence-corrected chi connectivity index (χ2v) is 8.17. The molecule has 0 spiro atoms. The minimum Gasteiger partial charge on any atom is -0.338 e. The molecule has 31 heavy (non-hydrogen) atoms. The van der Waals surface area contributed by atoms with E-state index in [0.717, 1.165) is 38.9 Å². The number of aryl methyl sites for hydroxylation is 2. The third-order valence-electron chi connectivity index (χ3n) is 5.26. The average Bonchev–Trinajstić information content (AvgIpc) is 3.28. The van der Waals surface area contributed by atoms with Gasteiger partial charge in [0, 0.05) is 25.2 Å². The number of carbonyl (C=O) groups excluding carboxylic acids is 1. The van der Waals surface area contributed by atoms with Gasteiger partial charge in [-0.25, -0.2) is 14.1 Å². The molecule has 7 nitrogen and oxygen atoms in total. The molecule has 0 atom stereocenters. The van der Waals surface area contributed by atoms with Gasteiger partial charge in [0.2, 0.25) is 5.91 Å². The molecule has 0 fully saturated rings. The number of pyridine rings is 1. The van der Waals surface area contributed by atoms with Gasteiger partial charge in [-0.1, -0.05) is 12.1 Å². The first-order valence-corrected chi connectivity index (χ1v) is 10.7. The predicted molar refractivity (Wildman–Crippen MR) is 120 cm³/mol. The van der Waals surface area contributed by atoms with E-state index in [1.165, 1.54) is 12.1 Å². The number of aromatic nitrogens is 5. The number of hydrogen-bond donors (Lipinski definition) is 0. The summed E-state index contributed by atoms with van der Waals surface area (Å²) in [6, 6.07) is 8.20. The SMILES string of the molecule is CCn1ncc(Br)c1CN(C)C(=O)Cn1nc(C)c2c(-c3ccc(F)cc3)ccnc21. The Morgan fingerprint density at radius 1 is 1.19 bits per heavy atom. The lowest BCUT2D eigenvalue weighted by Gasteiger charge is -2.18. The fourth-order valence-electron chi connectivity index (χ4n) is 3.64. The zero-order valence-corrected chi connectivity index (χ0v) is 19.1. The smallest absolute Gasteiger partial charge is 0.244 e. The van der Waals surface area contributed by atoms with Gasteiger partial charge in [-0.2, -0.15) is 10.2 Å². The minimum atomic E-state index is -0.286. The van der Waals surface area contributed by atoms with Gasteiger partial charge in [-0.05, 0) is 59.1 Å². The van der Waals surface area contributed by atoms with E-state index in [2.05, 4.69) is 31.1 Å². The van der Waals surface area contributed by atoms with Crippen LogP contribution < -0.4 is 0 Å². The number of halogens is 2. The highest BCUT2D eigenvalue weighted by Crippen LogP contribution is 2.30. The third-order valence-corrected chi connectivity index (χ3v) is 5.92. The molecule has 0 unspecified atom stereocenters. The molecule has 1 aromatic carbocycles. The number of amides is 1. The van der Waals surface area contributed by atoms with Gasteiger partial charge in [-0.15, -0.1) is 0 Å². The van der Waals surface area contributed by atoms with Crippen molar-refractivity contribution < 1.29 is 9.18 Å². The van der Waals surface area contributed by atoms with Crippen LogP contribution in [0.2, 0.25) is 0 Å². The van der Waals surface area contributed by atoms with Crippen LogP contribution in [0, 0.1) is 12.7 Å². The molecular formula is C22H22BrFN6O. The first-order valence-electron chi connectivity index (χ1n) is 9.91. The summed E-state index contributed by atoms with van der Waals surface area (Å²) in [5, 5.41) is 9.73. The van der Waals surface area contributed by atoms with Gasteiger partial charge in [0.25, 0.3) is 0 Å². The number of carbonyl (C=O) groups is 1. The van der Waals surface area contributed by atoms with Crippen molar-refractivity contribution in [3.8, 4) is 11.1 Å². The molecule has 0 aliphatic carbocycles. The van der Waals surface area contributed by atoms with E-state index in [0.29, 0.717) is 12.2 Å². The van der Waals surface area contributed by atoms with Crippen LogP contribution in [0.1, 0.15) is 18.3 Å². The summed E-state index contributed by atoms with van der Waals surface area (Å²) in [6.45, 7) is 5.12. The van der Waals surface area contributed by atoms with Crippen LogP contribution in [-0.2, 0) is 24.4 Å². The Kier molecular flexibility index (Phi) is 5.86. The van der Waals surface area contributed by atoms with Crippen LogP contribution in [0.25, 0.3) is 22.2 Å². The molecule has 0 aliphatic rings. The maximum absolute atomic E-state index is 13.3. The van der Waals surface area contributed by atoms with Crippen molar-refractivity contribution in [2.45, 2.75) is 33.5 Å². The maximum atomic E-state index is 13.3. The van der Waals surface area contributed by atoms with Gasteiger partial charge in [0.15, 0.2) is 5.65 Å². The predicted octanol–water partition coefficient (Wildman–Crippen LogP) is 4.18. The van der Waals surface area contributed by atoms with Gasteiger partial charge in [0.1, 0.15) is 12.4 Å². The van der Waals surface area contributed by atoms with Gasteiger partial charge in [-0.3, -0.25) is 9.48 Å². The van der Waals surface area contributed by atoms with E-state index in [4.69, 9.17) is 0 Å². The molecule has 0 saturated heterocycles. The van der Waals surface area contributed by atoms with E-state index in [1.54, 1.807) is 41.2 Å². The van der Waals surface area contributed by atoms with E-state index in [-0.39, 0.29) is 18.3 Å². The first kappa shape index (κ1) is 21.2. The lowest BCUT2D eigenvalue weighted by atomic mass is 10.0. The van der Waals surface area contributed by atoms with Crippen molar-refractivity contribution in [1.82, 2.24) is 29.4 Å². The van der Waals surface area contributed by atoms with E-state index in [9.17, 15) is 9.18 Å². The molecule has 0 N–H and O–H groups in total. The lowest BCUT2D eigenvalue weighted by Crippen LogP contribution is -2.31. The van der Waals surface area contributed by atoms with Crippen molar-refractivity contribution in [3.63, 3.8) is 0 Å². The zero-order valence-electron chi connectivity index (χ0n) is 17.5. The van der Waals surface area contributed by atoms with Crippen LogP contribution >= 0.6 is 15.9 Å². The molecule has 0 radical (unpaired) electrons. The van der Waals surface area contributed by atoms with Crippen molar-refractivity contribution in [2.24, 2.45) is 0 Å². The van der Waals surface area contributed by atoms with Crippen molar-refractivity contribution in [1.29, 1.82) is 0 Å². The average molecular weight is 485 g/mol. The monoisotopic (exact) mass is 484 g/mol. The Morgan fingerprint density at radius 2 is 1.94 bits per heavy atom. The van der Waals surface area contributed by atoms with Crippen LogP contribution in [0.3, 0.4) is 0 Å². The Hall–Kier alpha value is -3.07. The van der Waals surface area contributed by atoms with E-state index < -0.39 is 0 Å². The molecule has 1 amide bonds. The Bertz CT molecular complexity index is 1250. The normalized spacial score (nSPS) is 11.3. The number of benzene rings is 1. The van der Waals surface area contributed by atoms with Gasteiger partial charge >= 0.3 is 0 Å².